The molecule has 1 N–H and O–H groups in total. The van der Waals surface area contributed by atoms with Crippen LogP contribution in [0.25, 0.3) is 0 Å². The Morgan fingerprint density at radius 3 is 2.46 bits per heavy atom. The zero-order valence-electron chi connectivity index (χ0n) is 6.10. The van der Waals surface area contributed by atoms with Crippen molar-refractivity contribution in [1.29, 1.82) is 0 Å². The molecule has 0 heterocycles. The molecule has 0 fully saturated rings. The molecule has 0 saturated carbocycles. The SMILES string of the molecule is Oc1ccc(Br)c(OC(F)F)c1Br. The zero-order valence-corrected chi connectivity index (χ0v) is 9.27. The summed E-state index contributed by atoms with van der Waals surface area (Å²) in [6.07, 6.45) is 0. The molecule has 72 valence electrons. The van der Waals surface area contributed by atoms with E-state index in [-0.39, 0.29) is 16.0 Å². The predicted octanol–water partition coefficient (Wildman–Crippen LogP) is 3.52. The third-order valence-corrected chi connectivity index (χ3v) is 2.63. The molecule has 0 amide bonds. The summed E-state index contributed by atoms with van der Waals surface area (Å²) >= 11 is 5.93. The molecular formula is C7H4Br2F2O2. The van der Waals surface area contributed by atoms with Gasteiger partial charge in [-0.1, -0.05) is 0 Å². The monoisotopic (exact) mass is 316 g/mol. The van der Waals surface area contributed by atoms with E-state index >= 15 is 0 Å². The van der Waals surface area contributed by atoms with Crippen LogP contribution in [0.4, 0.5) is 8.78 Å². The number of halogens is 4. The van der Waals surface area contributed by atoms with Gasteiger partial charge in [0.25, 0.3) is 0 Å². The average Bonchev–Trinajstić information content (AvgIpc) is 2.05. The van der Waals surface area contributed by atoms with E-state index in [2.05, 4.69) is 36.6 Å². The number of rotatable bonds is 2. The third-order valence-electron chi connectivity index (χ3n) is 1.24. The number of hydrogen-bond acceptors (Lipinski definition) is 2. The van der Waals surface area contributed by atoms with Crippen molar-refractivity contribution in [3.63, 3.8) is 0 Å². The molecule has 0 aromatic heterocycles. The third kappa shape index (κ3) is 2.54. The lowest BCUT2D eigenvalue weighted by molar-refractivity contribution is -0.0509. The maximum Gasteiger partial charge on any atom is 0.387 e. The molecule has 1 aromatic rings. The summed E-state index contributed by atoms with van der Waals surface area (Å²) in [4.78, 5) is 0. The van der Waals surface area contributed by atoms with Gasteiger partial charge in [-0.2, -0.15) is 8.78 Å². The molecule has 2 nitrogen and oxygen atoms in total. The van der Waals surface area contributed by atoms with Crippen molar-refractivity contribution in [3.05, 3.63) is 21.1 Å². The average molecular weight is 318 g/mol. The van der Waals surface area contributed by atoms with E-state index < -0.39 is 6.61 Å². The van der Waals surface area contributed by atoms with Crippen LogP contribution in [0.15, 0.2) is 21.1 Å². The largest absolute Gasteiger partial charge is 0.507 e. The van der Waals surface area contributed by atoms with Crippen molar-refractivity contribution in [1.82, 2.24) is 0 Å². The van der Waals surface area contributed by atoms with E-state index in [1.165, 1.54) is 12.1 Å². The van der Waals surface area contributed by atoms with E-state index in [0.29, 0.717) is 4.47 Å². The van der Waals surface area contributed by atoms with Crippen LogP contribution in [0.3, 0.4) is 0 Å². The fraction of sp³-hybridized carbons (Fsp3) is 0.143. The number of aromatic hydroxyl groups is 1. The number of benzene rings is 1. The van der Waals surface area contributed by atoms with E-state index in [9.17, 15) is 8.78 Å². The molecule has 0 radical (unpaired) electrons. The van der Waals surface area contributed by atoms with Crippen LogP contribution in [0.2, 0.25) is 0 Å². The van der Waals surface area contributed by atoms with Crippen LogP contribution in [-0.4, -0.2) is 11.7 Å². The highest BCUT2D eigenvalue weighted by Gasteiger charge is 2.14. The van der Waals surface area contributed by atoms with Crippen molar-refractivity contribution in [2.24, 2.45) is 0 Å². The first-order chi connectivity index (χ1) is 6.02. The minimum atomic E-state index is -2.92. The van der Waals surface area contributed by atoms with Crippen LogP contribution in [0.1, 0.15) is 0 Å². The molecule has 0 aliphatic rings. The van der Waals surface area contributed by atoms with Gasteiger partial charge in [0.15, 0.2) is 5.75 Å². The number of phenols is 1. The van der Waals surface area contributed by atoms with E-state index in [1.807, 2.05) is 0 Å². The Labute approximate surface area is 89.8 Å². The van der Waals surface area contributed by atoms with Crippen LogP contribution < -0.4 is 4.74 Å². The lowest BCUT2D eigenvalue weighted by Gasteiger charge is -2.09. The van der Waals surface area contributed by atoms with Gasteiger partial charge in [0, 0.05) is 0 Å². The second-order valence-corrected chi connectivity index (χ2v) is 3.74. The van der Waals surface area contributed by atoms with E-state index in [1.54, 1.807) is 0 Å². The topological polar surface area (TPSA) is 29.5 Å². The Bertz CT molecular complexity index is 318. The standard InChI is InChI=1S/C7H4Br2F2O2/c8-3-1-2-4(12)5(9)6(3)13-7(10)11/h1-2,7,12H. The van der Waals surface area contributed by atoms with Crippen LogP contribution in [0, 0.1) is 0 Å². The first-order valence-electron chi connectivity index (χ1n) is 3.14. The van der Waals surface area contributed by atoms with Gasteiger partial charge in [0.2, 0.25) is 0 Å². The van der Waals surface area contributed by atoms with Gasteiger partial charge >= 0.3 is 6.61 Å². The quantitative estimate of drug-likeness (QED) is 0.904. The maximum absolute atomic E-state index is 11.9. The predicted molar refractivity (Wildman–Crippen MR) is 50.1 cm³/mol. The summed E-state index contributed by atoms with van der Waals surface area (Å²) in [5.74, 6) is -0.270. The van der Waals surface area contributed by atoms with Crippen LogP contribution in [-0.2, 0) is 0 Å². The van der Waals surface area contributed by atoms with Crippen molar-refractivity contribution in [2.45, 2.75) is 6.61 Å². The van der Waals surface area contributed by atoms with Crippen molar-refractivity contribution >= 4 is 31.9 Å². The molecule has 0 bridgehead atoms. The number of hydrogen-bond donors (Lipinski definition) is 1. The summed E-state index contributed by atoms with van der Waals surface area (Å²) in [7, 11) is 0. The Morgan fingerprint density at radius 1 is 1.31 bits per heavy atom. The van der Waals surface area contributed by atoms with Crippen molar-refractivity contribution in [3.8, 4) is 11.5 Å². The zero-order chi connectivity index (χ0) is 10.0. The molecular weight excluding hydrogens is 314 g/mol. The van der Waals surface area contributed by atoms with E-state index in [0.717, 1.165) is 0 Å². The van der Waals surface area contributed by atoms with E-state index in [4.69, 9.17) is 5.11 Å². The first-order valence-corrected chi connectivity index (χ1v) is 4.72. The Morgan fingerprint density at radius 2 is 1.92 bits per heavy atom. The first kappa shape index (κ1) is 10.7. The van der Waals surface area contributed by atoms with Gasteiger partial charge in [-0.15, -0.1) is 0 Å². The Kier molecular flexibility index (Phi) is 3.49. The van der Waals surface area contributed by atoms with Crippen LogP contribution >= 0.6 is 31.9 Å². The lowest BCUT2D eigenvalue weighted by Crippen LogP contribution is -2.03. The van der Waals surface area contributed by atoms with Crippen LogP contribution in [0.5, 0.6) is 11.5 Å². The fourth-order valence-corrected chi connectivity index (χ4v) is 1.85. The molecule has 0 unspecified atom stereocenters. The summed E-state index contributed by atoms with van der Waals surface area (Å²) in [5.41, 5.74) is 0. The number of ether oxygens (including phenoxy) is 1. The number of phenolic OH excluding ortho intramolecular Hbond substituents is 1. The van der Waals surface area contributed by atoms with Gasteiger partial charge in [0.05, 0.1) is 4.47 Å². The fourth-order valence-electron chi connectivity index (χ4n) is 0.719. The molecule has 6 heteroatoms. The second kappa shape index (κ2) is 4.23. The normalized spacial score (nSPS) is 10.5. The van der Waals surface area contributed by atoms with Gasteiger partial charge in [0.1, 0.15) is 10.2 Å². The van der Waals surface area contributed by atoms with Gasteiger partial charge < -0.3 is 9.84 Å². The summed E-state index contributed by atoms with van der Waals surface area (Å²) in [6.45, 7) is -2.92. The van der Waals surface area contributed by atoms with Gasteiger partial charge in [-0.25, -0.2) is 0 Å². The Balaban J connectivity index is 3.10. The molecule has 1 rings (SSSR count). The molecule has 1 aromatic carbocycles. The Hall–Kier alpha value is -0.360. The van der Waals surface area contributed by atoms with Gasteiger partial charge in [-0.05, 0) is 44.0 Å². The van der Waals surface area contributed by atoms with Gasteiger partial charge in [-0.3, -0.25) is 0 Å². The summed E-state index contributed by atoms with van der Waals surface area (Å²) < 4.78 is 28.3. The molecule has 0 spiro atoms. The molecule has 0 atom stereocenters. The number of alkyl halides is 2. The second-order valence-electron chi connectivity index (χ2n) is 2.09. The minimum absolute atomic E-state index is 0.0992. The molecule has 13 heavy (non-hydrogen) atoms. The van der Waals surface area contributed by atoms with Crippen molar-refractivity contribution < 1.29 is 18.6 Å². The maximum atomic E-state index is 11.9. The lowest BCUT2D eigenvalue weighted by atomic mass is 10.3. The molecule has 0 aliphatic carbocycles. The minimum Gasteiger partial charge on any atom is -0.507 e. The summed E-state index contributed by atoms with van der Waals surface area (Å²) in [6, 6.07) is 2.77. The highest BCUT2D eigenvalue weighted by Crippen LogP contribution is 2.40. The smallest absolute Gasteiger partial charge is 0.387 e. The molecule has 0 aliphatic heterocycles. The molecule has 0 saturated heterocycles. The highest BCUT2D eigenvalue weighted by atomic mass is 79.9. The summed E-state index contributed by atoms with van der Waals surface area (Å²) in [5, 5.41) is 9.14. The highest BCUT2D eigenvalue weighted by molar-refractivity contribution is 9.11. The van der Waals surface area contributed by atoms with Crippen molar-refractivity contribution in [2.75, 3.05) is 0 Å².